The van der Waals surface area contributed by atoms with Crippen molar-refractivity contribution in [1.29, 1.82) is 0 Å². The van der Waals surface area contributed by atoms with Crippen LogP contribution in [0.1, 0.15) is 73.1 Å². The van der Waals surface area contributed by atoms with Gasteiger partial charge in [-0.05, 0) is 0 Å². The lowest BCUT2D eigenvalue weighted by Crippen LogP contribution is -2.23. The molecule has 2 unspecified atom stereocenters. The second kappa shape index (κ2) is 9.30. The quantitative estimate of drug-likeness (QED) is 0.340. The predicted octanol–water partition coefficient (Wildman–Crippen LogP) is 5.66. The van der Waals surface area contributed by atoms with E-state index >= 15 is 0 Å². The molecule has 0 N–H and O–H groups in total. The molecule has 0 nitrogen and oxygen atoms in total. The molecule has 0 aromatic carbocycles. The average Bonchev–Trinajstić information content (AvgIpc) is 2.27. The second-order valence-electron chi connectivity index (χ2n) is 5.28. The summed E-state index contributed by atoms with van der Waals surface area (Å²) in [6.45, 7) is 12.8. The Bertz CT molecular complexity index is 123. The van der Waals surface area contributed by atoms with Gasteiger partial charge in [-0.1, -0.05) is 73.1 Å². The molecule has 0 aromatic rings. The van der Waals surface area contributed by atoms with Gasteiger partial charge in [-0.3, -0.25) is 0 Å². The Morgan fingerprint density at radius 2 is 1.33 bits per heavy atom. The third-order valence-electron chi connectivity index (χ3n) is 4.14. The summed E-state index contributed by atoms with van der Waals surface area (Å²) in [5, 5.41) is 0. The fourth-order valence-electron chi connectivity index (χ4n) is 2.54. The summed E-state index contributed by atoms with van der Waals surface area (Å²) in [6, 6.07) is 0. The molecule has 1 heteroatoms. The van der Waals surface area contributed by atoms with Crippen LogP contribution in [0.2, 0.25) is 18.0 Å². The van der Waals surface area contributed by atoms with E-state index in [1.807, 2.05) is 0 Å². The Balaban J connectivity index is 3.90. The van der Waals surface area contributed by atoms with Crippen molar-refractivity contribution < 1.29 is 0 Å². The summed E-state index contributed by atoms with van der Waals surface area (Å²) in [5.41, 5.74) is 0. The maximum atomic E-state index is 2.44. The lowest BCUT2D eigenvalue weighted by atomic mass is 9.31. The van der Waals surface area contributed by atoms with Gasteiger partial charge in [0.05, 0.1) is 0 Å². The first-order valence-electron chi connectivity index (χ1n) is 7.17. The molecule has 0 saturated heterocycles. The van der Waals surface area contributed by atoms with E-state index in [1.165, 1.54) is 44.8 Å². The highest BCUT2D eigenvalue weighted by atomic mass is 14.0. The van der Waals surface area contributed by atoms with E-state index in [2.05, 4.69) is 34.6 Å². The Morgan fingerprint density at radius 3 is 1.73 bits per heavy atom. The molecule has 0 rings (SSSR count). The van der Waals surface area contributed by atoms with E-state index in [9.17, 15) is 0 Å². The summed E-state index contributed by atoms with van der Waals surface area (Å²) in [6.07, 6.45) is 9.84. The summed E-state index contributed by atoms with van der Waals surface area (Å²) >= 11 is 0. The van der Waals surface area contributed by atoms with Gasteiger partial charge in [-0.25, -0.2) is 6.32 Å². The van der Waals surface area contributed by atoms with Crippen LogP contribution in [-0.4, -0.2) is 6.71 Å². The molecule has 0 bridgehead atoms. The standard InChI is InChI=1S/C14H31B/c1-6-9-10-11-12-15(13(4)7-2)14(5)8-3/h13-14H,6-12H2,1-5H3/q-1. The van der Waals surface area contributed by atoms with Crippen molar-refractivity contribution in [1.82, 2.24) is 0 Å². The van der Waals surface area contributed by atoms with Gasteiger partial charge < -0.3 is 0 Å². The van der Waals surface area contributed by atoms with Crippen molar-refractivity contribution >= 4 is 6.71 Å². The minimum Gasteiger partial charge on any atom is -0.208 e. The molecule has 0 amide bonds. The SMILES string of the molecule is CCCCCC[B-](C(C)CC)C(C)CC. The Labute approximate surface area is 98.3 Å². The molecule has 1 radical (unpaired) electrons. The summed E-state index contributed by atoms with van der Waals surface area (Å²) in [5.74, 6) is 1.84. The van der Waals surface area contributed by atoms with Crippen LogP contribution in [0, 0.1) is 0 Å². The molecule has 15 heavy (non-hydrogen) atoms. The van der Waals surface area contributed by atoms with E-state index in [4.69, 9.17) is 0 Å². The maximum absolute atomic E-state index is 2.44. The van der Waals surface area contributed by atoms with Gasteiger partial charge in [0.1, 0.15) is 0 Å². The van der Waals surface area contributed by atoms with Crippen LogP contribution in [-0.2, 0) is 0 Å². The van der Waals surface area contributed by atoms with Crippen molar-refractivity contribution in [3.8, 4) is 0 Å². The van der Waals surface area contributed by atoms with Gasteiger partial charge >= 0.3 is 0 Å². The third-order valence-corrected chi connectivity index (χ3v) is 4.14. The Hall–Kier alpha value is 0.0649. The first-order valence-corrected chi connectivity index (χ1v) is 7.17. The monoisotopic (exact) mass is 210 g/mol. The highest BCUT2D eigenvalue weighted by Gasteiger charge is 2.10. The normalized spacial score (nSPS) is 15.6. The van der Waals surface area contributed by atoms with Crippen molar-refractivity contribution in [2.45, 2.75) is 91.1 Å². The number of rotatable bonds is 9. The van der Waals surface area contributed by atoms with E-state index in [1.54, 1.807) is 0 Å². The van der Waals surface area contributed by atoms with Gasteiger partial charge in [0.2, 0.25) is 0 Å². The summed E-state index contributed by atoms with van der Waals surface area (Å²) < 4.78 is 0. The number of hydrogen-bond donors (Lipinski definition) is 0. The minimum absolute atomic E-state index is 0.918. The Morgan fingerprint density at radius 1 is 0.800 bits per heavy atom. The smallest absolute Gasteiger partial charge is 0.0537 e. The van der Waals surface area contributed by atoms with Gasteiger partial charge in [-0.15, -0.1) is 6.71 Å². The van der Waals surface area contributed by atoms with Crippen LogP contribution in [0.4, 0.5) is 0 Å². The maximum Gasteiger partial charge on any atom is -0.0537 e. The zero-order valence-corrected chi connectivity index (χ0v) is 11.7. The van der Waals surface area contributed by atoms with E-state index in [-0.39, 0.29) is 0 Å². The first kappa shape index (κ1) is 15.1. The fourth-order valence-corrected chi connectivity index (χ4v) is 2.54. The van der Waals surface area contributed by atoms with Crippen LogP contribution in [0.15, 0.2) is 0 Å². The van der Waals surface area contributed by atoms with E-state index < -0.39 is 0 Å². The second-order valence-corrected chi connectivity index (χ2v) is 5.28. The first-order chi connectivity index (χ1) is 7.17. The van der Waals surface area contributed by atoms with Crippen LogP contribution < -0.4 is 0 Å². The number of unbranched alkanes of at least 4 members (excludes halogenated alkanes) is 3. The Kier molecular flexibility index (Phi) is 9.34. The third kappa shape index (κ3) is 6.27. The summed E-state index contributed by atoms with van der Waals surface area (Å²) in [4.78, 5) is 0. The molecule has 0 aliphatic heterocycles. The molecule has 0 heterocycles. The van der Waals surface area contributed by atoms with Gasteiger partial charge in [-0.2, -0.15) is 11.6 Å². The minimum atomic E-state index is 0.918. The van der Waals surface area contributed by atoms with Crippen molar-refractivity contribution in [3.05, 3.63) is 0 Å². The molecule has 0 spiro atoms. The average molecular weight is 210 g/mol. The van der Waals surface area contributed by atoms with Gasteiger partial charge in [0.15, 0.2) is 0 Å². The fraction of sp³-hybridized carbons (Fsp3) is 1.00. The highest BCUT2D eigenvalue weighted by Crippen LogP contribution is 2.30. The van der Waals surface area contributed by atoms with Crippen molar-refractivity contribution in [2.75, 3.05) is 0 Å². The summed E-state index contributed by atoms with van der Waals surface area (Å²) in [7, 11) is 0. The zero-order valence-electron chi connectivity index (χ0n) is 11.7. The lowest BCUT2D eigenvalue weighted by molar-refractivity contribution is 0.683. The molecule has 91 valence electrons. The van der Waals surface area contributed by atoms with Crippen LogP contribution in [0.5, 0.6) is 0 Å². The highest BCUT2D eigenvalue weighted by molar-refractivity contribution is 6.61. The largest absolute Gasteiger partial charge is 0.208 e. The molecule has 0 aliphatic rings. The predicted molar refractivity (Wildman–Crippen MR) is 74.1 cm³/mol. The van der Waals surface area contributed by atoms with Crippen LogP contribution >= 0.6 is 0 Å². The zero-order chi connectivity index (χ0) is 11.7. The van der Waals surface area contributed by atoms with Gasteiger partial charge in [0.25, 0.3) is 0 Å². The van der Waals surface area contributed by atoms with Crippen LogP contribution in [0.25, 0.3) is 0 Å². The molecular weight excluding hydrogens is 179 g/mol. The van der Waals surface area contributed by atoms with Gasteiger partial charge in [0, 0.05) is 0 Å². The van der Waals surface area contributed by atoms with Crippen molar-refractivity contribution in [2.24, 2.45) is 0 Å². The van der Waals surface area contributed by atoms with Crippen LogP contribution in [0.3, 0.4) is 0 Å². The molecule has 0 aromatic heterocycles. The lowest BCUT2D eigenvalue weighted by Gasteiger charge is -2.39. The molecule has 0 saturated carbocycles. The molecule has 2 atom stereocenters. The van der Waals surface area contributed by atoms with Crippen molar-refractivity contribution in [3.63, 3.8) is 0 Å². The van der Waals surface area contributed by atoms with E-state index in [0.717, 1.165) is 18.3 Å². The van der Waals surface area contributed by atoms with E-state index in [0.29, 0.717) is 0 Å². The molecule has 0 fully saturated rings. The topological polar surface area (TPSA) is 0 Å². The molecule has 0 aliphatic carbocycles. The number of hydrogen-bond acceptors (Lipinski definition) is 0. The molecular formula is C14H31B-.